The average molecular weight is 254 g/mol. The van der Waals surface area contributed by atoms with Gasteiger partial charge in [0.1, 0.15) is 11.7 Å². The quantitative estimate of drug-likeness (QED) is 0.728. The highest BCUT2D eigenvalue weighted by molar-refractivity contribution is 5.84. The van der Waals surface area contributed by atoms with E-state index in [9.17, 15) is 5.11 Å². The first-order chi connectivity index (χ1) is 8.53. The number of hydrogen-bond donors (Lipinski definition) is 2. The average Bonchev–Trinajstić information content (AvgIpc) is 2.37. The number of aliphatic hydroxyl groups is 1. The molecular weight excluding hydrogens is 232 g/mol. The van der Waals surface area contributed by atoms with Gasteiger partial charge in [-0.25, -0.2) is 4.99 Å². The van der Waals surface area contributed by atoms with Crippen molar-refractivity contribution < 1.29 is 14.6 Å². The standard InChI is InChI=1S/C13H22N2O3/c1-6-9(16)7-10-12(17-4)15-11(8(2)3)13(14-10)18-5/h6,8-9,11,15-16H,1,7H2,2-5H3. The molecule has 0 bridgehead atoms. The number of methoxy groups -OCH3 is 2. The van der Waals surface area contributed by atoms with Crippen LogP contribution in [-0.4, -0.2) is 37.4 Å². The monoisotopic (exact) mass is 254 g/mol. The lowest BCUT2D eigenvalue weighted by atomic mass is 10.0. The summed E-state index contributed by atoms with van der Waals surface area (Å²) in [5, 5.41) is 12.9. The van der Waals surface area contributed by atoms with Gasteiger partial charge in [-0.05, 0) is 5.92 Å². The molecule has 1 rings (SSSR count). The molecule has 2 atom stereocenters. The molecule has 0 aromatic rings. The molecule has 0 saturated heterocycles. The van der Waals surface area contributed by atoms with E-state index < -0.39 is 6.10 Å². The molecule has 1 aliphatic rings. The first-order valence-corrected chi connectivity index (χ1v) is 6.00. The van der Waals surface area contributed by atoms with Crippen molar-refractivity contribution in [2.45, 2.75) is 32.4 Å². The summed E-state index contributed by atoms with van der Waals surface area (Å²) in [7, 11) is 3.17. The third kappa shape index (κ3) is 3.26. The normalized spacial score (nSPS) is 21.2. The lowest BCUT2D eigenvalue weighted by Crippen LogP contribution is -2.44. The maximum atomic E-state index is 9.61. The van der Waals surface area contributed by atoms with Crippen LogP contribution in [0.1, 0.15) is 20.3 Å². The molecular formula is C13H22N2O3. The van der Waals surface area contributed by atoms with Crippen LogP contribution in [0, 0.1) is 5.92 Å². The summed E-state index contributed by atoms with van der Waals surface area (Å²) in [6.45, 7) is 7.69. The van der Waals surface area contributed by atoms with E-state index in [1.165, 1.54) is 6.08 Å². The first kappa shape index (κ1) is 14.6. The van der Waals surface area contributed by atoms with Crippen LogP contribution in [0.15, 0.2) is 29.2 Å². The Morgan fingerprint density at radius 3 is 2.56 bits per heavy atom. The van der Waals surface area contributed by atoms with E-state index in [0.717, 1.165) is 0 Å². The van der Waals surface area contributed by atoms with E-state index in [-0.39, 0.29) is 6.04 Å². The highest BCUT2D eigenvalue weighted by Gasteiger charge is 2.28. The number of nitrogens with zero attached hydrogens (tertiary/aromatic N) is 1. The zero-order valence-corrected chi connectivity index (χ0v) is 11.4. The summed E-state index contributed by atoms with van der Waals surface area (Å²) < 4.78 is 10.6. The van der Waals surface area contributed by atoms with Crippen molar-refractivity contribution in [3.63, 3.8) is 0 Å². The first-order valence-electron chi connectivity index (χ1n) is 6.00. The van der Waals surface area contributed by atoms with Crippen LogP contribution in [-0.2, 0) is 9.47 Å². The van der Waals surface area contributed by atoms with Gasteiger partial charge in [-0.2, -0.15) is 0 Å². The second-order valence-electron chi connectivity index (χ2n) is 4.51. The van der Waals surface area contributed by atoms with E-state index in [0.29, 0.717) is 29.8 Å². The van der Waals surface area contributed by atoms with Crippen molar-refractivity contribution in [2.24, 2.45) is 10.9 Å². The molecule has 0 radical (unpaired) electrons. The lowest BCUT2D eigenvalue weighted by molar-refractivity contribution is 0.203. The van der Waals surface area contributed by atoms with Gasteiger partial charge in [0.25, 0.3) is 0 Å². The summed E-state index contributed by atoms with van der Waals surface area (Å²) in [6.07, 6.45) is 1.16. The summed E-state index contributed by atoms with van der Waals surface area (Å²) in [5.74, 6) is 1.51. The number of aliphatic imine (C=N–C) groups is 1. The molecule has 0 aliphatic carbocycles. The fraction of sp³-hybridized carbons (Fsp3) is 0.615. The molecule has 5 nitrogen and oxygen atoms in total. The van der Waals surface area contributed by atoms with Crippen molar-refractivity contribution >= 4 is 5.90 Å². The van der Waals surface area contributed by atoms with Gasteiger partial charge in [-0.3, -0.25) is 0 Å². The van der Waals surface area contributed by atoms with Gasteiger partial charge in [-0.15, -0.1) is 6.58 Å². The van der Waals surface area contributed by atoms with Gasteiger partial charge >= 0.3 is 0 Å². The topological polar surface area (TPSA) is 63.1 Å². The minimum atomic E-state index is -0.649. The molecule has 5 heteroatoms. The molecule has 2 unspecified atom stereocenters. The maximum Gasteiger partial charge on any atom is 0.211 e. The van der Waals surface area contributed by atoms with E-state index in [1.54, 1.807) is 14.2 Å². The Morgan fingerprint density at radius 1 is 1.44 bits per heavy atom. The van der Waals surface area contributed by atoms with Gasteiger partial charge in [0, 0.05) is 6.42 Å². The van der Waals surface area contributed by atoms with Gasteiger partial charge in [-0.1, -0.05) is 19.9 Å². The second kappa shape index (κ2) is 6.44. The van der Waals surface area contributed by atoms with Gasteiger partial charge in [0.15, 0.2) is 0 Å². The zero-order chi connectivity index (χ0) is 13.7. The van der Waals surface area contributed by atoms with Gasteiger partial charge in [0.05, 0.1) is 20.3 Å². The van der Waals surface area contributed by atoms with Crippen molar-refractivity contribution in [1.82, 2.24) is 5.32 Å². The van der Waals surface area contributed by atoms with Crippen LogP contribution in [0.5, 0.6) is 0 Å². The summed E-state index contributed by atoms with van der Waals surface area (Å²) in [5.41, 5.74) is 0.638. The van der Waals surface area contributed by atoms with Crippen LogP contribution >= 0.6 is 0 Å². The number of ether oxygens (including phenoxy) is 2. The van der Waals surface area contributed by atoms with E-state index in [1.807, 2.05) is 0 Å². The van der Waals surface area contributed by atoms with Gasteiger partial charge < -0.3 is 19.9 Å². The molecule has 2 N–H and O–H groups in total. The summed E-state index contributed by atoms with van der Waals surface area (Å²) in [4.78, 5) is 4.42. The molecule has 0 amide bonds. The van der Waals surface area contributed by atoms with Crippen molar-refractivity contribution in [1.29, 1.82) is 0 Å². The molecule has 0 aromatic carbocycles. The highest BCUT2D eigenvalue weighted by atomic mass is 16.5. The molecule has 1 aliphatic heterocycles. The minimum absolute atomic E-state index is 0.0189. The van der Waals surface area contributed by atoms with Crippen molar-refractivity contribution in [3.8, 4) is 0 Å². The maximum absolute atomic E-state index is 9.61. The molecule has 18 heavy (non-hydrogen) atoms. The summed E-state index contributed by atoms with van der Waals surface area (Å²) >= 11 is 0. The van der Waals surface area contributed by atoms with Crippen LogP contribution in [0.25, 0.3) is 0 Å². The molecule has 0 fully saturated rings. The van der Waals surface area contributed by atoms with E-state index >= 15 is 0 Å². The lowest BCUT2D eigenvalue weighted by Gasteiger charge is -2.29. The smallest absolute Gasteiger partial charge is 0.211 e. The van der Waals surface area contributed by atoms with Crippen LogP contribution in [0.4, 0.5) is 0 Å². The van der Waals surface area contributed by atoms with Crippen molar-refractivity contribution in [2.75, 3.05) is 14.2 Å². The molecule has 102 valence electrons. The Kier molecular flexibility index (Phi) is 5.22. The fourth-order valence-corrected chi connectivity index (χ4v) is 1.76. The zero-order valence-electron chi connectivity index (χ0n) is 11.4. The molecule has 1 heterocycles. The van der Waals surface area contributed by atoms with Crippen LogP contribution < -0.4 is 5.32 Å². The largest absolute Gasteiger partial charge is 0.483 e. The van der Waals surface area contributed by atoms with Crippen LogP contribution in [0.3, 0.4) is 0 Å². The molecule has 0 saturated carbocycles. The number of aliphatic hydroxyl groups excluding tert-OH is 1. The number of nitrogens with one attached hydrogen (secondary N) is 1. The Balaban J connectivity index is 2.99. The Labute approximate surface area is 108 Å². The number of hydrogen-bond acceptors (Lipinski definition) is 5. The second-order valence-corrected chi connectivity index (χ2v) is 4.51. The minimum Gasteiger partial charge on any atom is -0.483 e. The van der Waals surface area contributed by atoms with E-state index in [4.69, 9.17) is 9.47 Å². The fourth-order valence-electron chi connectivity index (χ4n) is 1.76. The van der Waals surface area contributed by atoms with Crippen molar-refractivity contribution in [3.05, 3.63) is 24.2 Å². The predicted molar refractivity (Wildman–Crippen MR) is 71.1 cm³/mol. The predicted octanol–water partition coefficient (Wildman–Crippen LogP) is 1.41. The van der Waals surface area contributed by atoms with Gasteiger partial charge in [0.2, 0.25) is 11.8 Å². The third-order valence-electron chi connectivity index (χ3n) is 2.81. The third-order valence-corrected chi connectivity index (χ3v) is 2.81. The SMILES string of the molecule is C=CC(O)CC1=C(OC)NC(C(C)C)C(OC)=N1. The Bertz CT molecular complexity index is 361. The Hall–Kier alpha value is -1.49. The molecule has 0 aromatic heterocycles. The Morgan fingerprint density at radius 2 is 2.11 bits per heavy atom. The highest BCUT2D eigenvalue weighted by Crippen LogP contribution is 2.21. The van der Waals surface area contributed by atoms with E-state index in [2.05, 4.69) is 30.7 Å². The number of rotatable bonds is 5. The van der Waals surface area contributed by atoms with Crippen LogP contribution in [0.2, 0.25) is 0 Å². The molecule has 0 spiro atoms. The summed E-state index contributed by atoms with van der Waals surface area (Å²) in [6, 6.07) is -0.0189.